The zero-order chi connectivity index (χ0) is 22.5. The third-order valence-electron chi connectivity index (χ3n) is 5.69. The first kappa shape index (κ1) is 21.7. The van der Waals surface area contributed by atoms with E-state index in [-0.39, 0.29) is 6.04 Å². The fraction of sp³-hybridized carbons (Fsp3) is 0.185. The molecule has 1 heterocycles. The number of nitrogens with one attached hydrogen (secondary N) is 1. The van der Waals surface area contributed by atoms with Crippen molar-refractivity contribution in [2.24, 2.45) is 0 Å². The number of pyridine rings is 1. The molecule has 0 saturated carbocycles. The van der Waals surface area contributed by atoms with E-state index in [4.69, 9.17) is 0 Å². The predicted octanol–water partition coefficient (Wildman–Crippen LogP) is 4.85. The van der Waals surface area contributed by atoms with Crippen LogP contribution in [0.4, 0.5) is 0 Å². The normalized spacial score (nSPS) is 13.1. The monoisotopic (exact) mass is 426 g/mol. The highest BCUT2D eigenvalue weighted by Crippen LogP contribution is 2.30. The van der Waals surface area contributed by atoms with Crippen molar-refractivity contribution in [2.75, 3.05) is 6.54 Å². The molecule has 4 aromatic rings. The Bertz CT molecular complexity index is 1210. The van der Waals surface area contributed by atoms with Gasteiger partial charge in [-0.3, -0.25) is 4.98 Å². The van der Waals surface area contributed by atoms with Crippen molar-refractivity contribution in [1.29, 1.82) is 0 Å². The second kappa shape index (κ2) is 9.73. The van der Waals surface area contributed by atoms with Crippen LogP contribution in [0.25, 0.3) is 21.9 Å². The Balaban J connectivity index is 1.44. The molecule has 0 spiro atoms. The number of benzene rings is 3. The van der Waals surface area contributed by atoms with Crippen LogP contribution in [0.2, 0.25) is 0 Å². The van der Waals surface area contributed by atoms with Crippen molar-refractivity contribution < 1.29 is 15.0 Å². The van der Waals surface area contributed by atoms with Crippen molar-refractivity contribution in [3.8, 4) is 11.1 Å². The summed E-state index contributed by atoms with van der Waals surface area (Å²) in [4.78, 5) is 15.6. The average Bonchev–Trinajstić information content (AvgIpc) is 2.82. The third-order valence-corrected chi connectivity index (χ3v) is 5.69. The molecule has 4 rings (SSSR count). The Hall–Kier alpha value is -3.54. The van der Waals surface area contributed by atoms with Gasteiger partial charge in [-0.1, -0.05) is 60.7 Å². The molecule has 0 saturated heterocycles. The Morgan fingerprint density at radius 3 is 2.44 bits per heavy atom. The Kier molecular flexibility index (Phi) is 6.59. The van der Waals surface area contributed by atoms with Crippen LogP contribution in [0.3, 0.4) is 0 Å². The molecular weight excluding hydrogens is 400 g/mol. The van der Waals surface area contributed by atoms with Crippen LogP contribution < -0.4 is 5.32 Å². The second-order valence-corrected chi connectivity index (χ2v) is 8.02. The molecule has 0 aliphatic heterocycles. The highest BCUT2D eigenvalue weighted by molar-refractivity contribution is 6.08. The molecule has 0 fully saturated rings. The fourth-order valence-corrected chi connectivity index (χ4v) is 4.00. The molecule has 3 aromatic carbocycles. The molecule has 162 valence electrons. The number of carboxylic acids is 1. The number of fused-ring (bicyclic) bond motifs is 1. The van der Waals surface area contributed by atoms with Gasteiger partial charge >= 0.3 is 5.97 Å². The maximum Gasteiger partial charge on any atom is 0.336 e. The number of carbonyl (C=O) groups is 1. The van der Waals surface area contributed by atoms with Gasteiger partial charge in [-0.25, -0.2) is 4.79 Å². The van der Waals surface area contributed by atoms with Gasteiger partial charge in [-0.15, -0.1) is 0 Å². The summed E-state index contributed by atoms with van der Waals surface area (Å²) in [5, 5.41) is 24.8. The maximum absolute atomic E-state index is 11.6. The molecule has 0 amide bonds. The summed E-state index contributed by atoms with van der Waals surface area (Å²) in [5.41, 5.74) is 4.38. The summed E-state index contributed by atoms with van der Waals surface area (Å²) in [6.45, 7) is 2.56. The van der Waals surface area contributed by atoms with Gasteiger partial charge in [0.1, 0.15) is 0 Å². The minimum absolute atomic E-state index is 0.197. The van der Waals surface area contributed by atoms with E-state index in [1.54, 1.807) is 24.5 Å². The number of aliphatic hydroxyl groups excluding tert-OH is 1. The summed E-state index contributed by atoms with van der Waals surface area (Å²) in [6.07, 6.45) is 3.62. The van der Waals surface area contributed by atoms with Crippen molar-refractivity contribution in [1.82, 2.24) is 10.3 Å². The highest BCUT2D eigenvalue weighted by Gasteiger charge is 2.12. The highest BCUT2D eigenvalue weighted by atomic mass is 16.4. The number of hydrogen-bond acceptors (Lipinski definition) is 4. The zero-order valence-electron chi connectivity index (χ0n) is 17.9. The first-order valence-corrected chi connectivity index (χ1v) is 10.7. The topological polar surface area (TPSA) is 82.5 Å². The minimum atomic E-state index is -0.918. The summed E-state index contributed by atoms with van der Waals surface area (Å²) in [6, 6.07) is 23.4. The van der Waals surface area contributed by atoms with Gasteiger partial charge < -0.3 is 15.5 Å². The molecule has 5 nitrogen and oxygen atoms in total. The number of aromatic nitrogens is 1. The van der Waals surface area contributed by atoms with Gasteiger partial charge in [-0.2, -0.15) is 0 Å². The summed E-state index contributed by atoms with van der Waals surface area (Å²) >= 11 is 0. The van der Waals surface area contributed by atoms with Crippen LogP contribution in [-0.4, -0.2) is 33.8 Å². The van der Waals surface area contributed by atoms with Crippen LogP contribution in [-0.2, 0) is 6.42 Å². The van der Waals surface area contributed by atoms with E-state index < -0.39 is 12.1 Å². The molecule has 0 aliphatic rings. The largest absolute Gasteiger partial charge is 0.478 e. The maximum atomic E-state index is 11.6. The van der Waals surface area contributed by atoms with Crippen molar-refractivity contribution in [3.05, 3.63) is 102 Å². The molecule has 0 aliphatic carbocycles. The van der Waals surface area contributed by atoms with Gasteiger partial charge in [-0.05, 0) is 52.9 Å². The number of rotatable bonds is 8. The molecule has 0 unspecified atom stereocenters. The lowest BCUT2D eigenvalue weighted by Crippen LogP contribution is -2.32. The fourth-order valence-electron chi connectivity index (χ4n) is 4.00. The van der Waals surface area contributed by atoms with Gasteiger partial charge in [0.15, 0.2) is 0 Å². The quantitative estimate of drug-likeness (QED) is 0.375. The Morgan fingerprint density at radius 2 is 1.72 bits per heavy atom. The molecule has 3 N–H and O–H groups in total. The predicted molar refractivity (Wildman–Crippen MR) is 127 cm³/mol. The SMILES string of the molecule is C[C@H](Cc1ccc(-c2cccc3c(C(=O)O)cccc23)cc1)NC[C@H](O)c1cccnc1. The van der Waals surface area contributed by atoms with Crippen LogP contribution in [0.1, 0.15) is 34.5 Å². The van der Waals surface area contributed by atoms with Gasteiger partial charge in [0.05, 0.1) is 11.7 Å². The smallest absolute Gasteiger partial charge is 0.336 e. The Labute approximate surface area is 187 Å². The van der Waals surface area contributed by atoms with E-state index in [1.165, 1.54) is 5.56 Å². The third kappa shape index (κ3) is 4.85. The molecule has 32 heavy (non-hydrogen) atoms. The average molecular weight is 427 g/mol. The van der Waals surface area contributed by atoms with Crippen LogP contribution in [0.5, 0.6) is 0 Å². The van der Waals surface area contributed by atoms with E-state index in [9.17, 15) is 15.0 Å². The van der Waals surface area contributed by atoms with Crippen LogP contribution in [0, 0.1) is 0 Å². The molecule has 2 atom stereocenters. The summed E-state index contributed by atoms with van der Waals surface area (Å²) in [7, 11) is 0. The molecule has 0 radical (unpaired) electrons. The van der Waals surface area contributed by atoms with Gasteiger partial charge in [0.2, 0.25) is 0 Å². The number of nitrogens with zero attached hydrogens (tertiary/aromatic N) is 1. The van der Waals surface area contributed by atoms with Crippen molar-refractivity contribution in [2.45, 2.75) is 25.5 Å². The molecular formula is C27H26N2O3. The van der Waals surface area contributed by atoms with E-state index in [0.717, 1.165) is 33.9 Å². The lowest BCUT2D eigenvalue weighted by atomic mass is 9.94. The van der Waals surface area contributed by atoms with E-state index in [0.29, 0.717) is 12.1 Å². The molecule has 5 heteroatoms. The lowest BCUT2D eigenvalue weighted by molar-refractivity contribution is 0.0699. The number of aromatic carboxylic acids is 1. The van der Waals surface area contributed by atoms with Crippen LogP contribution in [0.15, 0.2) is 85.2 Å². The summed E-state index contributed by atoms with van der Waals surface area (Å²) in [5.74, 6) is -0.918. The zero-order valence-corrected chi connectivity index (χ0v) is 17.9. The standard InChI is InChI=1S/C27H26N2O3/c1-18(29-17-26(30)21-5-4-14-28-16-21)15-19-10-12-20(13-11-19)22-6-2-8-24-23(22)7-3-9-25(24)27(31)32/h2-14,16,18,26,29-30H,15,17H2,1H3,(H,31,32)/t18-,26+/m1/s1. The van der Waals surface area contributed by atoms with Crippen molar-refractivity contribution in [3.63, 3.8) is 0 Å². The Morgan fingerprint density at radius 1 is 0.969 bits per heavy atom. The first-order valence-electron chi connectivity index (χ1n) is 10.7. The number of hydrogen-bond donors (Lipinski definition) is 3. The number of aliphatic hydroxyl groups is 1. The summed E-state index contributed by atoms with van der Waals surface area (Å²) < 4.78 is 0. The second-order valence-electron chi connectivity index (χ2n) is 8.02. The van der Waals surface area contributed by atoms with E-state index >= 15 is 0 Å². The molecule has 0 bridgehead atoms. The number of carboxylic acid groups (broad SMARTS) is 1. The minimum Gasteiger partial charge on any atom is -0.478 e. The van der Waals surface area contributed by atoms with Gasteiger partial charge in [0.25, 0.3) is 0 Å². The van der Waals surface area contributed by atoms with E-state index in [1.807, 2.05) is 36.4 Å². The van der Waals surface area contributed by atoms with Crippen molar-refractivity contribution >= 4 is 16.7 Å². The molecule has 1 aromatic heterocycles. The van der Waals surface area contributed by atoms with Crippen LogP contribution >= 0.6 is 0 Å². The van der Waals surface area contributed by atoms with Gasteiger partial charge in [0, 0.05) is 30.5 Å². The lowest BCUT2D eigenvalue weighted by Gasteiger charge is -2.17. The first-order chi connectivity index (χ1) is 15.5. The van der Waals surface area contributed by atoms with E-state index in [2.05, 4.69) is 41.5 Å².